The molecule has 0 aliphatic heterocycles. The van der Waals surface area contributed by atoms with E-state index in [0.29, 0.717) is 16.7 Å². The summed E-state index contributed by atoms with van der Waals surface area (Å²) in [5.41, 5.74) is 5.94. The molecular weight excluding hydrogens is 223 g/mol. The van der Waals surface area contributed by atoms with Crippen LogP contribution in [0.15, 0.2) is 16.7 Å². The van der Waals surface area contributed by atoms with E-state index in [-0.39, 0.29) is 11.9 Å². The summed E-state index contributed by atoms with van der Waals surface area (Å²) in [6.07, 6.45) is 0.464. The van der Waals surface area contributed by atoms with Gasteiger partial charge in [-0.2, -0.15) is 0 Å². The first-order chi connectivity index (χ1) is 5.59. The first-order valence-electron chi connectivity index (χ1n) is 3.66. The number of rotatable bonds is 2. The molecule has 1 aromatic rings. The lowest BCUT2D eigenvalue weighted by Gasteiger charge is -2.05. The Morgan fingerprint density at radius 2 is 2.33 bits per heavy atom. The van der Waals surface area contributed by atoms with Gasteiger partial charge in [-0.3, -0.25) is 0 Å². The number of aromatic nitrogens is 1. The largest absolute Gasteiger partial charge is 0.328 e. The molecule has 2 nitrogen and oxygen atoms in total. The van der Waals surface area contributed by atoms with Crippen molar-refractivity contribution in [2.75, 3.05) is 0 Å². The highest BCUT2D eigenvalue weighted by Gasteiger charge is 2.06. The van der Waals surface area contributed by atoms with Gasteiger partial charge in [0.05, 0.1) is 5.69 Å². The van der Waals surface area contributed by atoms with Crippen molar-refractivity contribution in [3.63, 3.8) is 0 Å². The molecular formula is C8H10BrFN2. The third kappa shape index (κ3) is 2.53. The van der Waals surface area contributed by atoms with E-state index in [1.807, 2.05) is 6.92 Å². The first kappa shape index (κ1) is 9.61. The molecule has 2 N–H and O–H groups in total. The van der Waals surface area contributed by atoms with Crippen molar-refractivity contribution in [1.82, 2.24) is 4.98 Å². The molecule has 1 rings (SSSR count). The van der Waals surface area contributed by atoms with Gasteiger partial charge in [-0.15, -0.1) is 0 Å². The fourth-order valence-electron chi connectivity index (χ4n) is 0.906. The molecule has 0 aromatic carbocycles. The van der Waals surface area contributed by atoms with Crippen LogP contribution in [0.1, 0.15) is 12.6 Å². The van der Waals surface area contributed by atoms with Crippen molar-refractivity contribution in [1.29, 1.82) is 0 Å². The van der Waals surface area contributed by atoms with Gasteiger partial charge in [0.25, 0.3) is 0 Å². The lowest BCUT2D eigenvalue weighted by atomic mass is 10.2. The second kappa shape index (κ2) is 3.96. The van der Waals surface area contributed by atoms with E-state index < -0.39 is 0 Å². The van der Waals surface area contributed by atoms with Crippen molar-refractivity contribution < 1.29 is 4.39 Å². The molecule has 0 aliphatic rings. The van der Waals surface area contributed by atoms with Gasteiger partial charge in [-0.25, -0.2) is 9.37 Å². The van der Waals surface area contributed by atoms with Crippen LogP contribution in [-0.2, 0) is 6.42 Å². The van der Waals surface area contributed by atoms with Crippen LogP contribution in [0, 0.1) is 5.82 Å². The fourth-order valence-corrected chi connectivity index (χ4v) is 1.25. The van der Waals surface area contributed by atoms with E-state index in [4.69, 9.17) is 5.73 Å². The maximum Gasteiger partial charge on any atom is 0.144 e. The van der Waals surface area contributed by atoms with Crippen LogP contribution in [-0.4, -0.2) is 11.0 Å². The highest BCUT2D eigenvalue weighted by atomic mass is 79.9. The fraction of sp³-hybridized carbons (Fsp3) is 0.375. The second-order valence-electron chi connectivity index (χ2n) is 2.74. The molecule has 1 unspecified atom stereocenters. The van der Waals surface area contributed by atoms with Gasteiger partial charge in [0, 0.05) is 12.5 Å². The SMILES string of the molecule is CC(N)Cc1nc(Br)ccc1F. The minimum atomic E-state index is -0.296. The normalized spacial score (nSPS) is 13.0. The Kier molecular flexibility index (Phi) is 3.17. The van der Waals surface area contributed by atoms with Gasteiger partial charge in [0.1, 0.15) is 10.4 Å². The van der Waals surface area contributed by atoms with Crippen LogP contribution in [0.25, 0.3) is 0 Å². The lowest BCUT2D eigenvalue weighted by Crippen LogP contribution is -2.19. The molecule has 1 aromatic heterocycles. The van der Waals surface area contributed by atoms with Crippen LogP contribution in [0.3, 0.4) is 0 Å². The van der Waals surface area contributed by atoms with E-state index >= 15 is 0 Å². The predicted molar refractivity (Wildman–Crippen MR) is 49.2 cm³/mol. The average Bonchev–Trinajstić information content (AvgIpc) is 1.96. The number of hydrogen-bond donors (Lipinski definition) is 1. The van der Waals surface area contributed by atoms with Crippen LogP contribution >= 0.6 is 15.9 Å². The predicted octanol–water partition coefficient (Wildman–Crippen LogP) is 1.87. The standard InChI is InChI=1S/C8H10BrFN2/c1-5(11)4-7-6(10)2-3-8(9)12-7/h2-3,5H,4,11H2,1H3. The zero-order valence-corrected chi connectivity index (χ0v) is 8.31. The Hall–Kier alpha value is -0.480. The van der Waals surface area contributed by atoms with E-state index in [2.05, 4.69) is 20.9 Å². The number of nitrogens with zero attached hydrogens (tertiary/aromatic N) is 1. The molecule has 0 radical (unpaired) electrons. The molecule has 12 heavy (non-hydrogen) atoms. The maximum atomic E-state index is 13.0. The number of hydrogen-bond acceptors (Lipinski definition) is 2. The molecule has 0 bridgehead atoms. The molecule has 1 atom stereocenters. The molecule has 1 heterocycles. The van der Waals surface area contributed by atoms with Crippen LogP contribution < -0.4 is 5.73 Å². The average molecular weight is 233 g/mol. The van der Waals surface area contributed by atoms with Gasteiger partial charge >= 0.3 is 0 Å². The molecule has 4 heteroatoms. The molecule has 0 spiro atoms. The summed E-state index contributed by atoms with van der Waals surface area (Å²) in [5.74, 6) is -0.296. The third-order valence-electron chi connectivity index (χ3n) is 1.40. The molecule has 0 fully saturated rings. The Bertz CT molecular complexity index is 276. The van der Waals surface area contributed by atoms with Gasteiger partial charge < -0.3 is 5.73 Å². The monoisotopic (exact) mass is 232 g/mol. The summed E-state index contributed by atoms with van der Waals surface area (Å²) in [6.45, 7) is 1.82. The molecule has 66 valence electrons. The summed E-state index contributed by atoms with van der Waals surface area (Å²) in [7, 11) is 0. The van der Waals surface area contributed by atoms with Gasteiger partial charge in [-0.1, -0.05) is 0 Å². The molecule has 0 aliphatic carbocycles. The van der Waals surface area contributed by atoms with Gasteiger partial charge in [0.15, 0.2) is 0 Å². The quantitative estimate of drug-likeness (QED) is 0.792. The zero-order chi connectivity index (χ0) is 9.14. The Balaban J connectivity index is 2.90. The first-order valence-corrected chi connectivity index (χ1v) is 4.45. The van der Waals surface area contributed by atoms with Crippen molar-refractivity contribution in [2.24, 2.45) is 5.73 Å². The molecule has 0 saturated heterocycles. The topological polar surface area (TPSA) is 38.9 Å². The molecule has 0 amide bonds. The number of halogens is 2. The summed E-state index contributed by atoms with van der Waals surface area (Å²) < 4.78 is 13.6. The third-order valence-corrected chi connectivity index (χ3v) is 1.84. The zero-order valence-electron chi connectivity index (χ0n) is 6.72. The smallest absolute Gasteiger partial charge is 0.144 e. The van der Waals surface area contributed by atoms with E-state index in [0.717, 1.165) is 0 Å². The number of pyridine rings is 1. The minimum absolute atomic E-state index is 0.0682. The second-order valence-corrected chi connectivity index (χ2v) is 3.56. The van der Waals surface area contributed by atoms with E-state index in [9.17, 15) is 4.39 Å². The van der Waals surface area contributed by atoms with Crippen molar-refractivity contribution in [3.8, 4) is 0 Å². The summed E-state index contributed by atoms with van der Waals surface area (Å²) in [6, 6.07) is 2.88. The minimum Gasteiger partial charge on any atom is -0.328 e. The summed E-state index contributed by atoms with van der Waals surface area (Å²) in [5, 5.41) is 0. The summed E-state index contributed by atoms with van der Waals surface area (Å²) in [4.78, 5) is 3.97. The maximum absolute atomic E-state index is 13.0. The van der Waals surface area contributed by atoms with Crippen LogP contribution in [0.5, 0.6) is 0 Å². The Labute approximate surface area is 79.1 Å². The van der Waals surface area contributed by atoms with Gasteiger partial charge in [0.2, 0.25) is 0 Å². The van der Waals surface area contributed by atoms with Gasteiger partial charge in [-0.05, 0) is 35.0 Å². The van der Waals surface area contributed by atoms with Crippen molar-refractivity contribution in [2.45, 2.75) is 19.4 Å². The van der Waals surface area contributed by atoms with Crippen LogP contribution in [0.4, 0.5) is 4.39 Å². The lowest BCUT2D eigenvalue weighted by molar-refractivity contribution is 0.581. The van der Waals surface area contributed by atoms with Crippen molar-refractivity contribution >= 4 is 15.9 Å². The molecule has 0 saturated carbocycles. The van der Waals surface area contributed by atoms with Crippen LogP contribution in [0.2, 0.25) is 0 Å². The van der Waals surface area contributed by atoms with E-state index in [1.54, 1.807) is 6.07 Å². The van der Waals surface area contributed by atoms with E-state index in [1.165, 1.54) is 6.07 Å². The van der Waals surface area contributed by atoms with Crippen molar-refractivity contribution in [3.05, 3.63) is 28.2 Å². The highest BCUT2D eigenvalue weighted by molar-refractivity contribution is 9.10. The highest BCUT2D eigenvalue weighted by Crippen LogP contribution is 2.11. The Morgan fingerprint density at radius 3 is 2.92 bits per heavy atom. The summed E-state index contributed by atoms with van der Waals surface area (Å²) >= 11 is 3.17. The Morgan fingerprint density at radius 1 is 1.67 bits per heavy atom. The number of nitrogens with two attached hydrogens (primary N) is 1.